The summed E-state index contributed by atoms with van der Waals surface area (Å²) in [7, 11) is 0. The number of rotatable bonds is 3. The molecule has 21 heavy (non-hydrogen) atoms. The maximum absolute atomic E-state index is 12.1. The van der Waals surface area contributed by atoms with Crippen molar-refractivity contribution in [3.05, 3.63) is 28.2 Å². The summed E-state index contributed by atoms with van der Waals surface area (Å²) >= 11 is 11.8. The third kappa shape index (κ3) is 4.51. The van der Waals surface area contributed by atoms with Gasteiger partial charge < -0.3 is 15.3 Å². The molecule has 0 bridgehead atoms. The summed E-state index contributed by atoms with van der Waals surface area (Å²) in [5, 5.41) is 12.4. The van der Waals surface area contributed by atoms with Crippen LogP contribution in [0.4, 0.5) is 10.5 Å². The predicted molar refractivity (Wildman–Crippen MR) is 82.0 cm³/mol. The van der Waals surface area contributed by atoms with Gasteiger partial charge in [0.2, 0.25) is 0 Å². The van der Waals surface area contributed by atoms with E-state index in [0.717, 1.165) is 0 Å². The zero-order valence-corrected chi connectivity index (χ0v) is 12.8. The molecule has 7 heteroatoms. The first kappa shape index (κ1) is 15.9. The minimum Gasteiger partial charge on any atom is -0.481 e. The van der Waals surface area contributed by atoms with Gasteiger partial charge in [0.15, 0.2) is 0 Å². The highest BCUT2D eigenvalue weighted by Crippen LogP contribution is 2.26. The lowest BCUT2D eigenvalue weighted by Gasteiger charge is -2.31. The van der Waals surface area contributed by atoms with Gasteiger partial charge in [0.1, 0.15) is 0 Å². The molecule has 0 aromatic heterocycles. The Balaban J connectivity index is 1.89. The quantitative estimate of drug-likeness (QED) is 0.887. The second kappa shape index (κ2) is 7.00. The molecule has 0 radical (unpaired) electrons. The summed E-state index contributed by atoms with van der Waals surface area (Å²) in [5.41, 5.74) is 0.513. The molecular weight excluding hydrogens is 315 g/mol. The van der Waals surface area contributed by atoms with Crippen LogP contribution in [0.15, 0.2) is 18.2 Å². The molecule has 5 nitrogen and oxygen atoms in total. The highest BCUT2D eigenvalue weighted by atomic mass is 35.5. The van der Waals surface area contributed by atoms with Crippen molar-refractivity contribution in [1.29, 1.82) is 0 Å². The molecular formula is C14H16Cl2N2O3. The molecule has 1 aromatic rings. The van der Waals surface area contributed by atoms with Crippen molar-refractivity contribution < 1.29 is 14.7 Å². The molecule has 0 unspecified atom stereocenters. The number of benzene rings is 1. The number of nitrogens with zero attached hydrogens (tertiary/aromatic N) is 1. The summed E-state index contributed by atoms with van der Waals surface area (Å²) in [6.07, 6.45) is 1.57. The minimum atomic E-state index is -0.786. The first-order valence-corrected chi connectivity index (χ1v) is 7.44. The number of carbonyl (C=O) groups excluding carboxylic acids is 1. The molecule has 0 atom stereocenters. The monoisotopic (exact) mass is 330 g/mol. The average molecular weight is 331 g/mol. The van der Waals surface area contributed by atoms with Crippen molar-refractivity contribution in [2.45, 2.75) is 19.3 Å². The Hall–Kier alpha value is -1.46. The Morgan fingerprint density at radius 3 is 2.52 bits per heavy atom. The number of hydrogen-bond donors (Lipinski definition) is 2. The fourth-order valence-electron chi connectivity index (χ4n) is 2.37. The number of hydrogen-bond acceptors (Lipinski definition) is 2. The van der Waals surface area contributed by atoms with Crippen molar-refractivity contribution in [1.82, 2.24) is 4.90 Å². The van der Waals surface area contributed by atoms with E-state index in [1.807, 2.05) is 0 Å². The summed E-state index contributed by atoms with van der Waals surface area (Å²) in [4.78, 5) is 24.5. The Morgan fingerprint density at radius 1 is 1.29 bits per heavy atom. The SMILES string of the molecule is O=C(O)CC1CCN(C(=O)Nc2ccc(Cl)cc2Cl)CC1. The van der Waals surface area contributed by atoms with Gasteiger partial charge in [-0.15, -0.1) is 0 Å². The predicted octanol–water partition coefficient (Wildman–Crippen LogP) is 3.71. The van der Waals surface area contributed by atoms with Crippen molar-refractivity contribution in [3.63, 3.8) is 0 Å². The van der Waals surface area contributed by atoms with Gasteiger partial charge in [-0.3, -0.25) is 4.79 Å². The standard InChI is InChI=1S/C14H16Cl2N2O3/c15-10-1-2-12(11(16)8-10)17-14(21)18-5-3-9(4-6-18)7-13(19)20/h1-2,8-9H,3-7H2,(H,17,21)(H,19,20). The van der Waals surface area contributed by atoms with Gasteiger partial charge in [0, 0.05) is 24.5 Å². The molecule has 0 aliphatic carbocycles. The molecule has 0 saturated carbocycles. The van der Waals surface area contributed by atoms with E-state index >= 15 is 0 Å². The van der Waals surface area contributed by atoms with Crippen molar-refractivity contribution in [3.8, 4) is 0 Å². The van der Waals surface area contributed by atoms with Gasteiger partial charge in [-0.05, 0) is 37.0 Å². The molecule has 1 aliphatic heterocycles. The molecule has 1 saturated heterocycles. The largest absolute Gasteiger partial charge is 0.481 e. The number of piperidine rings is 1. The van der Waals surface area contributed by atoms with E-state index in [1.165, 1.54) is 0 Å². The molecule has 114 valence electrons. The van der Waals surface area contributed by atoms with Crippen LogP contribution in [0.5, 0.6) is 0 Å². The fourth-order valence-corrected chi connectivity index (χ4v) is 2.83. The number of halogens is 2. The van der Waals surface area contributed by atoms with Crippen LogP contribution in [0.1, 0.15) is 19.3 Å². The van der Waals surface area contributed by atoms with E-state index in [1.54, 1.807) is 23.1 Å². The van der Waals surface area contributed by atoms with E-state index in [9.17, 15) is 9.59 Å². The van der Waals surface area contributed by atoms with Crippen molar-refractivity contribution in [2.75, 3.05) is 18.4 Å². The van der Waals surface area contributed by atoms with Gasteiger partial charge in [-0.2, -0.15) is 0 Å². The lowest BCUT2D eigenvalue weighted by atomic mass is 9.94. The third-order valence-electron chi connectivity index (χ3n) is 3.54. The lowest BCUT2D eigenvalue weighted by molar-refractivity contribution is -0.138. The Bertz CT molecular complexity index is 543. The van der Waals surface area contributed by atoms with Gasteiger partial charge >= 0.3 is 12.0 Å². The number of urea groups is 1. The van der Waals surface area contributed by atoms with E-state index in [4.69, 9.17) is 28.3 Å². The topological polar surface area (TPSA) is 69.6 Å². The van der Waals surface area contributed by atoms with Crippen LogP contribution in [-0.2, 0) is 4.79 Å². The van der Waals surface area contributed by atoms with Crippen LogP contribution in [0, 0.1) is 5.92 Å². The zero-order valence-electron chi connectivity index (χ0n) is 11.3. The molecule has 1 heterocycles. The van der Waals surface area contributed by atoms with Gasteiger partial charge in [0.05, 0.1) is 10.7 Å². The Kier molecular flexibility index (Phi) is 5.31. The average Bonchev–Trinajstić information content (AvgIpc) is 2.42. The zero-order chi connectivity index (χ0) is 15.4. The van der Waals surface area contributed by atoms with Crippen LogP contribution < -0.4 is 5.32 Å². The van der Waals surface area contributed by atoms with Crippen LogP contribution in [0.3, 0.4) is 0 Å². The molecule has 1 fully saturated rings. The molecule has 1 aromatic carbocycles. The summed E-state index contributed by atoms with van der Waals surface area (Å²) in [6, 6.07) is 4.65. The highest BCUT2D eigenvalue weighted by Gasteiger charge is 2.24. The number of nitrogens with one attached hydrogen (secondary N) is 1. The maximum atomic E-state index is 12.1. The van der Waals surface area contributed by atoms with Crippen LogP contribution >= 0.6 is 23.2 Å². The molecule has 1 aliphatic rings. The first-order valence-electron chi connectivity index (χ1n) is 6.68. The number of anilines is 1. The van der Waals surface area contributed by atoms with Gasteiger partial charge in [-0.1, -0.05) is 23.2 Å². The number of amides is 2. The molecule has 2 N–H and O–H groups in total. The van der Waals surface area contributed by atoms with Crippen LogP contribution in [-0.4, -0.2) is 35.1 Å². The van der Waals surface area contributed by atoms with E-state index < -0.39 is 5.97 Å². The molecule has 2 amide bonds. The molecule has 2 rings (SSSR count). The van der Waals surface area contributed by atoms with E-state index in [2.05, 4.69) is 5.32 Å². The summed E-state index contributed by atoms with van der Waals surface area (Å²) in [6.45, 7) is 1.10. The number of carboxylic acid groups (broad SMARTS) is 1. The molecule has 0 spiro atoms. The summed E-state index contributed by atoms with van der Waals surface area (Å²) in [5.74, 6) is -0.642. The number of carboxylic acids is 1. The second-order valence-electron chi connectivity index (χ2n) is 5.08. The number of carbonyl (C=O) groups is 2. The van der Waals surface area contributed by atoms with Crippen LogP contribution in [0.2, 0.25) is 10.0 Å². The second-order valence-corrected chi connectivity index (χ2v) is 5.93. The first-order chi connectivity index (χ1) is 9.95. The number of aliphatic carboxylic acids is 1. The fraction of sp³-hybridized carbons (Fsp3) is 0.429. The highest BCUT2D eigenvalue weighted by molar-refractivity contribution is 6.36. The number of likely N-dealkylation sites (tertiary alicyclic amines) is 1. The Labute approximate surface area is 132 Å². The Morgan fingerprint density at radius 2 is 1.95 bits per heavy atom. The summed E-state index contributed by atoms with van der Waals surface area (Å²) < 4.78 is 0. The van der Waals surface area contributed by atoms with Crippen LogP contribution in [0.25, 0.3) is 0 Å². The normalized spacial score (nSPS) is 15.8. The van der Waals surface area contributed by atoms with Crippen molar-refractivity contribution >= 4 is 40.9 Å². The third-order valence-corrected chi connectivity index (χ3v) is 4.09. The minimum absolute atomic E-state index is 0.144. The lowest BCUT2D eigenvalue weighted by Crippen LogP contribution is -2.41. The van der Waals surface area contributed by atoms with Gasteiger partial charge in [-0.25, -0.2) is 4.79 Å². The maximum Gasteiger partial charge on any atom is 0.321 e. The van der Waals surface area contributed by atoms with Gasteiger partial charge in [0.25, 0.3) is 0 Å². The smallest absolute Gasteiger partial charge is 0.321 e. The van der Waals surface area contributed by atoms with Crippen molar-refractivity contribution in [2.24, 2.45) is 5.92 Å². The van der Waals surface area contributed by atoms with E-state index in [0.29, 0.717) is 41.7 Å². The van der Waals surface area contributed by atoms with E-state index in [-0.39, 0.29) is 18.4 Å².